The molecule has 0 unspecified atom stereocenters. The van der Waals surface area contributed by atoms with Gasteiger partial charge in [0, 0.05) is 17.7 Å². The van der Waals surface area contributed by atoms with Crippen molar-refractivity contribution in [3.05, 3.63) is 57.9 Å². The molecule has 0 fully saturated rings. The molecule has 1 N–H and O–H groups in total. The van der Waals surface area contributed by atoms with Gasteiger partial charge in [0.05, 0.1) is 30.7 Å². The molecule has 142 valence electrons. The van der Waals surface area contributed by atoms with Crippen LogP contribution < -0.4 is 14.9 Å². The van der Waals surface area contributed by atoms with Gasteiger partial charge in [-0.3, -0.25) is 9.89 Å². The van der Waals surface area contributed by atoms with E-state index in [2.05, 4.69) is 22.1 Å². The summed E-state index contributed by atoms with van der Waals surface area (Å²) < 4.78 is 16.3. The van der Waals surface area contributed by atoms with E-state index in [0.717, 1.165) is 22.9 Å². The van der Waals surface area contributed by atoms with Crippen molar-refractivity contribution in [3.8, 4) is 11.5 Å². The van der Waals surface area contributed by atoms with Gasteiger partial charge in [-0.05, 0) is 30.2 Å². The quantitative estimate of drug-likeness (QED) is 0.531. The largest absolute Gasteiger partial charge is 0.493 e. The van der Waals surface area contributed by atoms with Crippen LogP contribution in [0.2, 0.25) is 0 Å². The fourth-order valence-electron chi connectivity index (χ4n) is 3.06. The highest BCUT2D eigenvalue weighted by atomic mass is 16.5. The van der Waals surface area contributed by atoms with E-state index in [1.165, 1.54) is 12.5 Å². The highest BCUT2D eigenvalue weighted by Gasteiger charge is 2.12. The lowest BCUT2D eigenvalue weighted by molar-refractivity contribution is 0.356. The van der Waals surface area contributed by atoms with Crippen LogP contribution in [0.1, 0.15) is 18.1 Å². The van der Waals surface area contributed by atoms with Gasteiger partial charge in [0.25, 0.3) is 0 Å². The fourth-order valence-corrected chi connectivity index (χ4v) is 3.06. The summed E-state index contributed by atoms with van der Waals surface area (Å²) in [5, 5.41) is 8.40. The first-order chi connectivity index (χ1) is 13.6. The van der Waals surface area contributed by atoms with Crippen LogP contribution in [0.4, 0.5) is 5.82 Å². The van der Waals surface area contributed by atoms with E-state index in [9.17, 15) is 4.79 Å². The van der Waals surface area contributed by atoms with Gasteiger partial charge in [0.1, 0.15) is 11.8 Å². The van der Waals surface area contributed by atoms with Gasteiger partial charge < -0.3 is 13.9 Å². The molecule has 0 aliphatic carbocycles. The Hall–Kier alpha value is -3.61. The normalized spacial score (nSPS) is 11.5. The molecule has 2 aromatic heterocycles. The average Bonchev–Trinajstić information content (AvgIpc) is 3.13. The summed E-state index contributed by atoms with van der Waals surface area (Å²) in [5.74, 6) is 1.61. The maximum atomic E-state index is 12.7. The van der Waals surface area contributed by atoms with Gasteiger partial charge in [-0.15, -0.1) is 0 Å². The lowest BCUT2D eigenvalue weighted by Gasteiger charge is -2.06. The molecule has 0 spiro atoms. The second-order valence-corrected chi connectivity index (χ2v) is 6.26. The number of nitrogens with one attached hydrogen (secondary N) is 1. The number of aryl methyl sites for hydroxylation is 1. The minimum Gasteiger partial charge on any atom is -0.493 e. The molecular weight excluding hydrogens is 358 g/mol. The number of hydrogen-bond acceptors (Lipinski definition) is 6. The topological polar surface area (TPSA) is 89.7 Å². The Balaban J connectivity index is 1.75. The number of nitrogens with zero attached hydrogens (tertiary/aromatic N) is 2. The number of ether oxygens (including phenoxy) is 2. The number of aromatic amines is 1. The molecule has 0 aliphatic rings. The Kier molecular flexibility index (Phi) is 4.57. The number of H-pyrrole nitrogens is 1. The number of fused-ring (bicyclic) bond motifs is 2. The molecule has 28 heavy (non-hydrogen) atoms. The van der Waals surface area contributed by atoms with Gasteiger partial charge >= 0.3 is 0 Å². The van der Waals surface area contributed by atoms with E-state index in [0.29, 0.717) is 33.8 Å². The Morgan fingerprint density at radius 2 is 1.93 bits per heavy atom. The minimum atomic E-state index is -0.133. The second-order valence-electron chi connectivity index (χ2n) is 6.26. The third kappa shape index (κ3) is 3.00. The number of methoxy groups -OCH3 is 2. The summed E-state index contributed by atoms with van der Waals surface area (Å²) in [4.78, 5) is 17.1. The SMILES string of the molecule is CCc1ccc2c(=O)c(C=Nc3n[nH]c4cc(OC)c(OC)cc34)coc2c1. The van der Waals surface area contributed by atoms with E-state index in [4.69, 9.17) is 13.9 Å². The van der Waals surface area contributed by atoms with Crippen molar-refractivity contribution >= 4 is 33.9 Å². The molecular formula is C21H19N3O4. The smallest absolute Gasteiger partial charge is 0.201 e. The van der Waals surface area contributed by atoms with Crippen LogP contribution in [0.3, 0.4) is 0 Å². The third-order valence-corrected chi connectivity index (χ3v) is 4.65. The minimum absolute atomic E-state index is 0.133. The molecule has 4 rings (SSSR count). The number of aliphatic imine (C=N–C) groups is 1. The van der Waals surface area contributed by atoms with Gasteiger partial charge in [-0.25, -0.2) is 4.99 Å². The zero-order valence-electron chi connectivity index (χ0n) is 15.8. The monoisotopic (exact) mass is 377 g/mol. The summed E-state index contributed by atoms with van der Waals surface area (Å²) in [6.07, 6.45) is 3.76. The van der Waals surface area contributed by atoms with Crippen LogP contribution in [0.25, 0.3) is 21.9 Å². The van der Waals surface area contributed by atoms with Crippen molar-refractivity contribution in [2.75, 3.05) is 14.2 Å². The zero-order valence-corrected chi connectivity index (χ0v) is 15.8. The van der Waals surface area contributed by atoms with Crippen LogP contribution >= 0.6 is 0 Å². The first-order valence-corrected chi connectivity index (χ1v) is 8.83. The second kappa shape index (κ2) is 7.19. The van der Waals surface area contributed by atoms with Crippen molar-refractivity contribution in [1.82, 2.24) is 10.2 Å². The van der Waals surface area contributed by atoms with E-state index >= 15 is 0 Å². The molecule has 0 bridgehead atoms. The Morgan fingerprint density at radius 3 is 2.68 bits per heavy atom. The van der Waals surface area contributed by atoms with E-state index in [1.54, 1.807) is 32.4 Å². The van der Waals surface area contributed by atoms with Crippen LogP contribution in [0.5, 0.6) is 11.5 Å². The standard InChI is InChI=1S/C21H19N3O4/c1-4-12-5-6-14-17(7-12)28-11-13(20(14)25)10-22-21-15-8-18(26-2)19(27-3)9-16(15)23-24-21/h5-11H,4H2,1-3H3,(H,23,24). The van der Waals surface area contributed by atoms with Gasteiger partial charge in [-0.2, -0.15) is 5.10 Å². The number of benzene rings is 2. The van der Waals surface area contributed by atoms with Crippen LogP contribution in [0, 0.1) is 0 Å². The summed E-state index contributed by atoms with van der Waals surface area (Å²) in [7, 11) is 3.14. The molecule has 7 nitrogen and oxygen atoms in total. The number of aromatic nitrogens is 2. The van der Waals surface area contributed by atoms with E-state index in [-0.39, 0.29) is 5.43 Å². The predicted molar refractivity (Wildman–Crippen MR) is 108 cm³/mol. The average molecular weight is 377 g/mol. The molecule has 4 aromatic rings. The van der Waals surface area contributed by atoms with Gasteiger partial charge in [0.2, 0.25) is 5.43 Å². The van der Waals surface area contributed by atoms with Gasteiger partial charge in [-0.1, -0.05) is 13.0 Å². The molecule has 0 radical (unpaired) electrons. The summed E-state index contributed by atoms with van der Waals surface area (Å²) in [6.45, 7) is 2.05. The highest BCUT2D eigenvalue weighted by Crippen LogP contribution is 2.34. The molecule has 0 atom stereocenters. The Bertz CT molecular complexity index is 1250. The number of hydrogen-bond donors (Lipinski definition) is 1. The molecule has 7 heteroatoms. The van der Waals surface area contributed by atoms with E-state index in [1.807, 2.05) is 12.1 Å². The first kappa shape index (κ1) is 17.8. The molecule has 0 aliphatic heterocycles. The van der Waals surface area contributed by atoms with Crippen molar-refractivity contribution in [1.29, 1.82) is 0 Å². The maximum absolute atomic E-state index is 12.7. The van der Waals surface area contributed by atoms with Crippen molar-refractivity contribution in [2.24, 2.45) is 4.99 Å². The fraction of sp³-hybridized carbons (Fsp3) is 0.190. The lowest BCUT2D eigenvalue weighted by Crippen LogP contribution is -2.08. The number of rotatable bonds is 5. The van der Waals surface area contributed by atoms with Crippen LogP contribution in [-0.2, 0) is 6.42 Å². The van der Waals surface area contributed by atoms with Crippen molar-refractivity contribution in [3.63, 3.8) is 0 Å². The van der Waals surface area contributed by atoms with Crippen molar-refractivity contribution < 1.29 is 13.9 Å². The maximum Gasteiger partial charge on any atom is 0.201 e. The Labute approximate surface area is 160 Å². The summed E-state index contributed by atoms with van der Waals surface area (Å²) in [6, 6.07) is 9.19. The predicted octanol–water partition coefficient (Wildman–Crippen LogP) is 4.00. The van der Waals surface area contributed by atoms with Crippen LogP contribution in [-0.4, -0.2) is 30.6 Å². The van der Waals surface area contributed by atoms with Crippen LogP contribution in [0.15, 0.2) is 50.8 Å². The Morgan fingerprint density at radius 1 is 1.14 bits per heavy atom. The summed E-state index contributed by atoms with van der Waals surface area (Å²) >= 11 is 0. The molecule has 0 saturated carbocycles. The first-order valence-electron chi connectivity index (χ1n) is 8.83. The van der Waals surface area contributed by atoms with E-state index < -0.39 is 0 Å². The third-order valence-electron chi connectivity index (χ3n) is 4.65. The van der Waals surface area contributed by atoms with Gasteiger partial charge in [0.15, 0.2) is 17.3 Å². The molecule has 2 aromatic carbocycles. The summed E-state index contributed by atoms with van der Waals surface area (Å²) in [5.41, 5.74) is 2.66. The van der Waals surface area contributed by atoms with Crippen molar-refractivity contribution in [2.45, 2.75) is 13.3 Å². The molecule has 2 heterocycles. The highest BCUT2D eigenvalue weighted by molar-refractivity contribution is 5.94. The zero-order chi connectivity index (χ0) is 19.7. The molecule has 0 amide bonds. The lowest BCUT2D eigenvalue weighted by atomic mass is 10.1. The molecule has 0 saturated heterocycles.